The van der Waals surface area contributed by atoms with Gasteiger partial charge in [-0.2, -0.15) is 0 Å². The number of rotatable bonds is 6. The van der Waals surface area contributed by atoms with Crippen molar-refractivity contribution < 1.29 is 18.8 Å². The molecule has 1 atom stereocenters. The number of hydrogen-bond donors (Lipinski definition) is 1. The van der Waals surface area contributed by atoms with Gasteiger partial charge in [0.2, 0.25) is 0 Å². The Kier molecular flexibility index (Phi) is 5.25. The minimum absolute atomic E-state index is 0.0395. The molecule has 1 N–H and O–H groups in total. The lowest BCUT2D eigenvalue weighted by molar-refractivity contribution is 0.0692. The third-order valence-electron chi connectivity index (χ3n) is 3.66. The molecule has 5 nitrogen and oxygen atoms in total. The highest BCUT2D eigenvalue weighted by Gasteiger charge is 2.23. The molecule has 1 aromatic heterocycles. The van der Waals surface area contributed by atoms with Crippen molar-refractivity contribution >= 4 is 28.3 Å². The minimum Gasteiger partial charge on any atom is -0.495 e. The monoisotopic (exact) mass is 373 g/mol. The van der Waals surface area contributed by atoms with Crippen molar-refractivity contribution in [1.82, 2.24) is 4.37 Å². The van der Waals surface area contributed by atoms with E-state index in [2.05, 4.69) is 4.37 Å². The highest BCUT2D eigenvalue weighted by Crippen LogP contribution is 2.37. The number of carbonyl (C=O) groups is 1. The fourth-order valence-electron chi connectivity index (χ4n) is 2.54. The molecule has 0 amide bonds. The minimum atomic E-state index is -1.34. The highest BCUT2D eigenvalue weighted by atomic mass is 32.2. The molecule has 0 aliphatic carbocycles. The summed E-state index contributed by atoms with van der Waals surface area (Å²) in [5, 5.41) is 9.69. The molecular weight excluding hydrogens is 358 g/mol. The predicted molar refractivity (Wildman–Crippen MR) is 97.6 cm³/mol. The van der Waals surface area contributed by atoms with Crippen molar-refractivity contribution in [3.8, 4) is 16.2 Å². The smallest absolute Gasteiger partial charge is 0.339 e. The first-order chi connectivity index (χ1) is 12.1. The fourth-order valence-corrected chi connectivity index (χ4v) is 4.30. The van der Waals surface area contributed by atoms with Crippen molar-refractivity contribution in [2.75, 3.05) is 7.11 Å². The first kappa shape index (κ1) is 17.3. The van der Waals surface area contributed by atoms with Crippen LogP contribution < -0.4 is 4.74 Å². The third kappa shape index (κ3) is 3.62. The molecule has 128 valence electrons. The van der Waals surface area contributed by atoms with Gasteiger partial charge in [-0.05, 0) is 41.4 Å². The second kappa shape index (κ2) is 7.58. The molecule has 25 heavy (non-hydrogen) atoms. The molecule has 0 spiro atoms. The van der Waals surface area contributed by atoms with Crippen LogP contribution in [0.4, 0.5) is 0 Å². The van der Waals surface area contributed by atoms with Gasteiger partial charge in [0.25, 0.3) is 0 Å². The Labute approximate surface area is 151 Å². The van der Waals surface area contributed by atoms with E-state index in [-0.39, 0.29) is 17.1 Å². The standard InChI is InChI=1S/C18H15NO4S2/c1-23-17-14(15-9-10-19-24-15)8-7-12(16(17)18(20)21)11-25(22)13-5-3-2-4-6-13/h2-10H,11H2,1H3,(H,20,21). The molecule has 0 radical (unpaired) electrons. The van der Waals surface area contributed by atoms with Gasteiger partial charge in [0.05, 0.1) is 28.5 Å². The molecule has 0 fully saturated rings. The molecule has 0 saturated carbocycles. The summed E-state index contributed by atoms with van der Waals surface area (Å²) in [7, 11) is 0.0914. The average molecular weight is 373 g/mol. The van der Waals surface area contributed by atoms with Crippen molar-refractivity contribution in [3.63, 3.8) is 0 Å². The fraction of sp³-hybridized carbons (Fsp3) is 0.111. The Hall–Kier alpha value is -2.51. The quantitative estimate of drug-likeness (QED) is 0.711. The van der Waals surface area contributed by atoms with E-state index in [0.717, 1.165) is 4.88 Å². The Morgan fingerprint density at radius 3 is 2.56 bits per heavy atom. The van der Waals surface area contributed by atoms with Crippen molar-refractivity contribution in [2.24, 2.45) is 0 Å². The molecule has 0 aliphatic heterocycles. The van der Waals surface area contributed by atoms with Crippen LogP contribution in [0, 0.1) is 0 Å². The van der Waals surface area contributed by atoms with Crippen LogP contribution in [-0.2, 0) is 16.6 Å². The van der Waals surface area contributed by atoms with E-state index >= 15 is 0 Å². The lowest BCUT2D eigenvalue weighted by Crippen LogP contribution is -2.09. The summed E-state index contributed by atoms with van der Waals surface area (Å²) in [6, 6.07) is 14.3. The number of hydrogen-bond acceptors (Lipinski definition) is 5. The number of aromatic nitrogens is 1. The molecule has 1 heterocycles. The zero-order chi connectivity index (χ0) is 17.8. The van der Waals surface area contributed by atoms with Gasteiger partial charge < -0.3 is 9.84 Å². The summed E-state index contributed by atoms with van der Waals surface area (Å²) < 4.78 is 22.0. The number of benzene rings is 2. The molecule has 3 rings (SSSR count). The Morgan fingerprint density at radius 1 is 1.20 bits per heavy atom. The molecule has 1 unspecified atom stereocenters. The normalized spacial score (nSPS) is 11.9. The first-order valence-corrected chi connectivity index (χ1v) is 9.48. The average Bonchev–Trinajstić information content (AvgIpc) is 3.16. The van der Waals surface area contributed by atoms with Gasteiger partial charge in [-0.25, -0.2) is 9.17 Å². The predicted octanol–water partition coefficient (Wildman–Crippen LogP) is 3.82. The largest absolute Gasteiger partial charge is 0.495 e. The molecule has 7 heteroatoms. The van der Waals surface area contributed by atoms with Gasteiger partial charge in [-0.1, -0.05) is 24.3 Å². The number of aromatic carboxylic acids is 1. The van der Waals surface area contributed by atoms with E-state index in [1.807, 2.05) is 6.07 Å². The zero-order valence-corrected chi connectivity index (χ0v) is 15.0. The van der Waals surface area contributed by atoms with Gasteiger partial charge in [-0.3, -0.25) is 4.21 Å². The van der Waals surface area contributed by atoms with Crippen LogP contribution in [0.3, 0.4) is 0 Å². The lowest BCUT2D eigenvalue weighted by atomic mass is 10.0. The van der Waals surface area contributed by atoms with Crippen molar-refractivity contribution in [1.29, 1.82) is 0 Å². The van der Waals surface area contributed by atoms with Crippen LogP contribution in [-0.4, -0.2) is 26.8 Å². The van der Waals surface area contributed by atoms with Crippen molar-refractivity contribution in [2.45, 2.75) is 10.6 Å². The lowest BCUT2D eigenvalue weighted by Gasteiger charge is -2.14. The Bertz CT molecular complexity index is 908. The van der Waals surface area contributed by atoms with Crippen LogP contribution in [0.15, 0.2) is 59.6 Å². The summed E-state index contributed by atoms with van der Waals surface area (Å²) in [5.74, 6) is -0.743. The maximum absolute atomic E-state index is 12.6. The Balaban J connectivity index is 2.05. The third-order valence-corrected chi connectivity index (χ3v) is 5.81. The second-order valence-corrected chi connectivity index (χ2v) is 7.45. The number of ether oxygens (including phenoxy) is 1. The van der Waals surface area contributed by atoms with Crippen LogP contribution >= 0.6 is 11.5 Å². The van der Waals surface area contributed by atoms with Crippen LogP contribution in [0.25, 0.3) is 10.4 Å². The van der Waals surface area contributed by atoms with E-state index in [9.17, 15) is 14.1 Å². The SMILES string of the molecule is COc1c(-c2ccns2)ccc(CS(=O)c2ccccc2)c1C(=O)O. The first-order valence-electron chi connectivity index (χ1n) is 7.39. The van der Waals surface area contributed by atoms with Gasteiger partial charge in [0.15, 0.2) is 0 Å². The number of carboxylic acid groups (broad SMARTS) is 1. The maximum Gasteiger partial charge on any atom is 0.339 e. The van der Waals surface area contributed by atoms with Crippen molar-refractivity contribution in [3.05, 3.63) is 65.9 Å². The van der Waals surface area contributed by atoms with Crippen LogP contribution in [0.2, 0.25) is 0 Å². The summed E-state index contributed by atoms with van der Waals surface area (Å²) in [5.41, 5.74) is 1.18. The summed E-state index contributed by atoms with van der Waals surface area (Å²) in [4.78, 5) is 13.3. The van der Waals surface area contributed by atoms with Gasteiger partial charge in [0, 0.05) is 16.7 Å². The number of nitrogens with zero attached hydrogens (tertiary/aromatic N) is 1. The molecule has 3 aromatic rings. The van der Waals surface area contributed by atoms with Gasteiger partial charge in [0.1, 0.15) is 11.3 Å². The van der Waals surface area contributed by atoms with E-state index in [1.54, 1.807) is 48.7 Å². The topological polar surface area (TPSA) is 76.5 Å². The van der Waals surface area contributed by atoms with E-state index in [0.29, 0.717) is 16.0 Å². The molecule has 0 bridgehead atoms. The summed E-state index contributed by atoms with van der Waals surface area (Å²) >= 11 is 1.26. The Morgan fingerprint density at radius 2 is 1.96 bits per heavy atom. The second-order valence-electron chi connectivity index (χ2n) is 5.17. The van der Waals surface area contributed by atoms with Gasteiger partial charge >= 0.3 is 5.97 Å². The summed E-state index contributed by atoms with van der Waals surface area (Å²) in [6.07, 6.45) is 1.65. The highest BCUT2D eigenvalue weighted by molar-refractivity contribution is 7.84. The van der Waals surface area contributed by atoms with E-state index < -0.39 is 16.8 Å². The molecule has 0 saturated heterocycles. The molecule has 2 aromatic carbocycles. The summed E-state index contributed by atoms with van der Waals surface area (Å²) in [6.45, 7) is 0. The number of carboxylic acids is 1. The maximum atomic E-state index is 12.6. The zero-order valence-electron chi connectivity index (χ0n) is 13.3. The molecule has 0 aliphatic rings. The van der Waals surface area contributed by atoms with Gasteiger partial charge in [-0.15, -0.1) is 0 Å². The van der Waals surface area contributed by atoms with Crippen LogP contribution in [0.5, 0.6) is 5.75 Å². The number of methoxy groups -OCH3 is 1. The van der Waals surface area contributed by atoms with E-state index in [1.165, 1.54) is 18.6 Å². The van der Waals surface area contributed by atoms with Crippen LogP contribution in [0.1, 0.15) is 15.9 Å². The molecular formula is C18H15NO4S2. The van der Waals surface area contributed by atoms with E-state index in [4.69, 9.17) is 4.74 Å².